The van der Waals surface area contributed by atoms with Crippen LogP contribution in [0.3, 0.4) is 0 Å². The third kappa shape index (κ3) is 6.54. The van der Waals surface area contributed by atoms with Gasteiger partial charge < -0.3 is 15.4 Å². The normalized spacial score (nSPS) is 10.2. The number of nitro groups is 1. The first-order chi connectivity index (χ1) is 13.7. The summed E-state index contributed by atoms with van der Waals surface area (Å²) in [6.45, 7) is 0.840. The van der Waals surface area contributed by atoms with Gasteiger partial charge in [0.05, 0.1) is 10.6 Å². The van der Waals surface area contributed by atoms with Crippen molar-refractivity contribution in [1.29, 1.82) is 0 Å². The number of amides is 2. The first kappa shape index (κ1) is 22.3. The molecule has 11 heteroatoms. The predicted molar refractivity (Wildman–Crippen MR) is 109 cm³/mol. The zero-order valence-electron chi connectivity index (χ0n) is 15.0. The minimum atomic E-state index is -0.847. The van der Waals surface area contributed by atoms with E-state index < -0.39 is 41.5 Å². The molecule has 0 aliphatic heterocycles. The predicted octanol–water partition coefficient (Wildman–Crippen LogP) is 3.23. The molecule has 0 spiro atoms. The number of aryl methyl sites for hydroxylation is 1. The number of carbonyl (C=O) groups is 3. The van der Waals surface area contributed by atoms with E-state index in [1.807, 2.05) is 19.1 Å². The van der Waals surface area contributed by atoms with Gasteiger partial charge >= 0.3 is 5.97 Å². The van der Waals surface area contributed by atoms with Gasteiger partial charge in [-0.3, -0.25) is 24.5 Å². The third-order valence-electron chi connectivity index (χ3n) is 3.56. The average Bonchev–Trinajstić information content (AvgIpc) is 2.66. The molecule has 2 rings (SSSR count). The second kappa shape index (κ2) is 9.99. The second-order valence-corrected chi connectivity index (χ2v) is 7.06. The number of hydrogen-bond acceptors (Lipinski definition) is 6. The van der Waals surface area contributed by atoms with Crippen LogP contribution in [-0.4, -0.2) is 35.9 Å². The summed E-state index contributed by atoms with van der Waals surface area (Å²) < 4.78 is 5.48. The number of benzene rings is 2. The lowest BCUT2D eigenvalue weighted by Gasteiger charge is -2.09. The summed E-state index contributed by atoms with van der Waals surface area (Å²) in [7, 11) is 0. The Balaban J connectivity index is 1.82. The fourth-order valence-electron chi connectivity index (χ4n) is 2.15. The highest BCUT2D eigenvalue weighted by atomic mass is 79.9. The second-order valence-electron chi connectivity index (χ2n) is 5.80. The Kier molecular flexibility index (Phi) is 7.68. The van der Waals surface area contributed by atoms with E-state index >= 15 is 0 Å². The summed E-state index contributed by atoms with van der Waals surface area (Å²) in [5, 5.41) is 15.6. The summed E-state index contributed by atoms with van der Waals surface area (Å²) in [5.74, 6) is -2.13. The summed E-state index contributed by atoms with van der Waals surface area (Å²) in [5.41, 5.74) is 1.05. The van der Waals surface area contributed by atoms with Crippen molar-refractivity contribution >= 4 is 56.7 Å². The van der Waals surface area contributed by atoms with Crippen LogP contribution >= 0.6 is 27.5 Å². The van der Waals surface area contributed by atoms with Crippen molar-refractivity contribution < 1.29 is 24.0 Å². The van der Waals surface area contributed by atoms with Gasteiger partial charge in [0.15, 0.2) is 6.61 Å². The third-order valence-corrected chi connectivity index (χ3v) is 4.54. The molecular weight excluding hydrogens is 470 g/mol. The molecule has 0 fully saturated rings. The number of halogens is 2. The lowest BCUT2D eigenvalue weighted by molar-refractivity contribution is -0.384. The molecule has 2 amide bonds. The Labute approximate surface area is 178 Å². The largest absolute Gasteiger partial charge is 0.454 e. The molecule has 0 atom stereocenters. The Morgan fingerprint density at radius 2 is 1.93 bits per heavy atom. The Hall–Kier alpha value is -2.98. The number of hydrogen-bond donors (Lipinski definition) is 2. The number of carbonyl (C=O) groups excluding carboxylic acids is 3. The van der Waals surface area contributed by atoms with Crippen LogP contribution in [0.5, 0.6) is 0 Å². The standard InChI is InChI=1S/C18H15BrClN3O6/c1-10-2-5-14(12(19)6-10)22-16(24)9-29-17(25)8-21-18(26)11-3-4-13(20)15(7-11)23(27)28/h2-7H,8-9H2,1H3,(H,21,26)(H,22,24). The molecule has 0 unspecified atom stereocenters. The van der Waals surface area contributed by atoms with Crippen LogP contribution in [0.2, 0.25) is 5.02 Å². The van der Waals surface area contributed by atoms with Gasteiger partial charge in [-0.25, -0.2) is 0 Å². The molecule has 0 heterocycles. The van der Waals surface area contributed by atoms with Crippen LogP contribution in [0, 0.1) is 17.0 Å². The number of rotatable bonds is 7. The molecule has 0 saturated carbocycles. The highest BCUT2D eigenvalue weighted by Crippen LogP contribution is 2.25. The average molecular weight is 485 g/mol. The van der Waals surface area contributed by atoms with E-state index in [9.17, 15) is 24.5 Å². The smallest absolute Gasteiger partial charge is 0.325 e. The van der Waals surface area contributed by atoms with Gasteiger partial charge in [-0.15, -0.1) is 0 Å². The SMILES string of the molecule is Cc1ccc(NC(=O)COC(=O)CNC(=O)c2ccc(Cl)c([N+](=O)[O-])c2)c(Br)c1. The lowest BCUT2D eigenvalue weighted by atomic mass is 10.2. The van der Waals surface area contributed by atoms with Crippen molar-refractivity contribution in [3.63, 3.8) is 0 Å². The van der Waals surface area contributed by atoms with Gasteiger partial charge in [-0.05, 0) is 52.7 Å². The molecule has 2 aromatic rings. The van der Waals surface area contributed by atoms with Crippen LogP contribution < -0.4 is 10.6 Å². The van der Waals surface area contributed by atoms with Gasteiger partial charge in [-0.2, -0.15) is 0 Å². The van der Waals surface area contributed by atoms with Gasteiger partial charge in [0.2, 0.25) is 0 Å². The van der Waals surface area contributed by atoms with E-state index in [0.29, 0.717) is 10.2 Å². The number of ether oxygens (including phenoxy) is 1. The van der Waals surface area contributed by atoms with E-state index in [-0.39, 0.29) is 10.6 Å². The summed E-state index contributed by atoms with van der Waals surface area (Å²) in [6.07, 6.45) is 0. The molecule has 0 aliphatic carbocycles. The monoisotopic (exact) mass is 483 g/mol. The molecule has 0 bridgehead atoms. The van der Waals surface area contributed by atoms with Crippen LogP contribution in [-0.2, 0) is 14.3 Å². The van der Waals surface area contributed by atoms with Gasteiger partial charge in [0.25, 0.3) is 17.5 Å². The Bertz CT molecular complexity index is 982. The van der Waals surface area contributed by atoms with Crippen molar-refractivity contribution in [2.75, 3.05) is 18.5 Å². The van der Waals surface area contributed by atoms with E-state index in [1.165, 1.54) is 12.1 Å². The lowest BCUT2D eigenvalue weighted by Crippen LogP contribution is -2.32. The topological polar surface area (TPSA) is 128 Å². The molecule has 0 saturated heterocycles. The number of nitro benzene ring substituents is 1. The highest BCUT2D eigenvalue weighted by Gasteiger charge is 2.17. The van der Waals surface area contributed by atoms with Crippen molar-refractivity contribution in [2.45, 2.75) is 6.92 Å². The summed E-state index contributed by atoms with van der Waals surface area (Å²) in [4.78, 5) is 45.7. The highest BCUT2D eigenvalue weighted by molar-refractivity contribution is 9.10. The number of nitrogens with zero attached hydrogens (tertiary/aromatic N) is 1. The fourth-order valence-corrected chi connectivity index (χ4v) is 2.93. The maximum atomic E-state index is 12.0. The molecule has 0 radical (unpaired) electrons. The Morgan fingerprint density at radius 1 is 1.21 bits per heavy atom. The van der Waals surface area contributed by atoms with Gasteiger partial charge in [0.1, 0.15) is 11.6 Å². The quantitative estimate of drug-likeness (QED) is 0.353. The van der Waals surface area contributed by atoms with Crippen LogP contribution in [0.4, 0.5) is 11.4 Å². The Morgan fingerprint density at radius 3 is 2.59 bits per heavy atom. The first-order valence-electron chi connectivity index (χ1n) is 8.11. The maximum Gasteiger partial charge on any atom is 0.325 e. The van der Waals surface area contributed by atoms with E-state index in [2.05, 4.69) is 26.6 Å². The maximum absolute atomic E-state index is 12.0. The van der Waals surface area contributed by atoms with Crippen molar-refractivity contribution in [1.82, 2.24) is 5.32 Å². The molecular formula is C18H15BrClN3O6. The van der Waals surface area contributed by atoms with Crippen LogP contribution in [0.15, 0.2) is 40.9 Å². The fraction of sp³-hybridized carbons (Fsp3) is 0.167. The molecule has 0 aliphatic rings. The van der Waals surface area contributed by atoms with Gasteiger partial charge in [-0.1, -0.05) is 17.7 Å². The number of esters is 1. The van der Waals surface area contributed by atoms with Crippen LogP contribution in [0.25, 0.3) is 0 Å². The summed E-state index contributed by atoms with van der Waals surface area (Å²) >= 11 is 9.00. The molecule has 0 aromatic heterocycles. The van der Waals surface area contributed by atoms with Gasteiger partial charge in [0, 0.05) is 16.1 Å². The minimum absolute atomic E-state index is 0.0455. The van der Waals surface area contributed by atoms with E-state index in [0.717, 1.165) is 11.6 Å². The molecule has 152 valence electrons. The first-order valence-corrected chi connectivity index (χ1v) is 9.28. The van der Waals surface area contributed by atoms with Crippen molar-refractivity contribution in [3.8, 4) is 0 Å². The molecule has 2 aromatic carbocycles. The minimum Gasteiger partial charge on any atom is -0.454 e. The zero-order valence-corrected chi connectivity index (χ0v) is 17.4. The molecule has 29 heavy (non-hydrogen) atoms. The van der Waals surface area contributed by atoms with Crippen molar-refractivity contribution in [3.05, 3.63) is 67.1 Å². The van der Waals surface area contributed by atoms with Crippen LogP contribution in [0.1, 0.15) is 15.9 Å². The van der Waals surface area contributed by atoms with E-state index in [4.69, 9.17) is 16.3 Å². The number of nitrogens with one attached hydrogen (secondary N) is 2. The van der Waals surface area contributed by atoms with E-state index in [1.54, 1.807) is 6.07 Å². The number of anilines is 1. The molecule has 9 nitrogen and oxygen atoms in total. The molecule has 2 N–H and O–H groups in total. The zero-order chi connectivity index (χ0) is 21.6. The summed E-state index contributed by atoms with van der Waals surface area (Å²) in [6, 6.07) is 8.81. The van der Waals surface area contributed by atoms with Crippen molar-refractivity contribution in [2.24, 2.45) is 0 Å².